The molecule has 0 aromatic heterocycles. The van der Waals surface area contributed by atoms with Gasteiger partial charge >= 0.3 is 6.03 Å². The van der Waals surface area contributed by atoms with Gasteiger partial charge in [0.15, 0.2) is 0 Å². The van der Waals surface area contributed by atoms with Crippen LogP contribution in [0.25, 0.3) is 0 Å². The van der Waals surface area contributed by atoms with Crippen molar-refractivity contribution < 1.29 is 9.90 Å². The zero-order chi connectivity index (χ0) is 16.8. The van der Waals surface area contributed by atoms with E-state index in [2.05, 4.69) is 42.5 Å². The Morgan fingerprint density at radius 1 is 1.39 bits per heavy atom. The number of rotatable bonds is 7. The molecule has 128 valence electrons. The van der Waals surface area contributed by atoms with Crippen LogP contribution in [0.1, 0.15) is 32.3 Å². The topological polar surface area (TPSA) is 64.6 Å². The fourth-order valence-corrected chi connectivity index (χ4v) is 3.18. The van der Waals surface area contributed by atoms with E-state index in [4.69, 9.17) is 5.11 Å². The van der Waals surface area contributed by atoms with E-state index in [0.29, 0.717) is 18.4 Å². The van der Waals surface area contributed by atoms with Crippen molar-refractivity contribution in [1.82, 2.24) is 5.32 Å². The third kappa shape index (κ3) is 5.13. The predicted octanol–water partition coefficient (Wildman–Crippen LogP) is 2.85. The van der Waals surface area contributed by atoms with Gasteiger partial charge in [0.1, 0.15) is 0 Å². The number of anilines is 2. The minimum atomic E-state index is -0.183. The number of carbonyl (C=O) groups excluding carboxylic acids is 1. The molecule has 0 spiro atoms. The van der Waals surface area contributed by atoms with Crippen molar-refractivity contribution in [1.29, 1.82) is 0 Å². The number of hydrogen-bond acceptors (Lipinski definition) is 3. The summed E-state index contributed by atoms with van der Waals surface area (Å²) in [7, 11) is 2.07. The summed E-state index contributed by atoms with van der Waals surface area (Å²) < 4.78 is 0. The zero-order valence-corrected chi connectivity index (χ0v) is 14.4. The van der Waals surface area contributed by atoms with Crippen LogP contribution in [-0.4, -0.2) is 37.9 Å². The summed E-state index contributed by atoms with van der Waals surface area (Å²) in [5.41, 5.74) is 3.34. The van der Waals surface area contributed by atoms with Crippen molar-refractivity contribution in [2.75, 3.05) is 37.0 Å². The van der Waals surface area contributed by atoms with Gasteiger partial charge in [-0.25, -0.2) is 4.79 Å². The van der Waals surface area contributed by atoms with E-state index in [1.165, 1.54) is 11.3 Å². The van der Waals surface area contributed by atoms with Gasteiger partial charge in [-0.15, -0.1) is 0 Å². The Hall–Kier alpha value is -1.75. The van der Waals surface area contributed by atoms with Gasteiger partial charge in [0.25, 0.3) is 0 Å². The number of carbonyl (C=O) groups is 1. The molecule has 1 aliphatic heterocycles. The molecule has 1 aromatic carbocycles. The molecule has 23 heavy (non-hydrogen) atoms. The lowest BCUT2D eigenvalue weighted by atomic mass is 9.94. The highest BCUT2D eigenvalue weighted by Gasteiger charge is 2.16. The first-order valence-corrected chi connectivity index (χ1v) is 8.49. The Kier molecular flexibility index (Phi) is 6.28. The lowest BCUT2D eigenvalue weighted by Gasteiger charge is -2.19. The molecule has 3 N–H and O–H groups in total. The summed E-state index contributed by atoms with van der Waals surface area (Å²) in [6, 6.07) is 5.89. The molecule has 2 rings (SSSR count). The Morgan fingerprint density at radius 2 is 2.17 bits per heavy atom. The normalized spacial score (nSPS) is 14.7. The molecular formula is C18H29N3O2. The van der Waals surface area contributed by atoms with Crippen molar-refractivity contribution in [3.05, 3.63) is 23.8 Å². The maximum absolute atomic E-state index is 12.1. The Balaban J connectivity index is 1.86. The highest BCUT2D eigenvalue weighted by atomic mass is 16.3. The van der Waals surface area contributed by atoms with E-state index in [9.17, 15) is 4.79 Å². The number of aliphatic hydroxyl groups is 1. The van der Waals surface area contributed by atoms with Gasteiger partial charge in [-0.05, 0) is 48.8 Å². The van der Waals surface area contributed by atoms with Crippen LogP contribution >= 0.6 is 0 Å². The minimum absolute atomic E-state index is 0.165. The second kappa shape index (κ2) is 8.20. The van der Waals surface area contributed by atoms with Crippen molar-refractivity contribution in [2.45, 2.75) is 33.1 Å². The van der Waals surface area contributed by atoms with Crippen LogP contribution in [0.15, 0.2) is 18.2 Å². The molecule has 5 nitrogen and oxygen atoms in total. The van der Waals surface area contributed by atoms with Crippen LogP contribution in [-0.2, 0) is 6.42 Å². The van der Waals surface area contributed by atoms with E-state index in [1.54, 1.807) is 0 Å². The van der Waals surface area contributed by atoms with Crippen LogP contribution in [0.3, 0.4) is 0 Å². The Labute approximate surface area is 139 Å². The molecular weight excluding hydrogens is 290 g/mol. The number of benzene rings is 1. The fraction of sp³-hybridized carbons (Fsp3) is 0.611. The second-order valence-corrected chi connectivity index (χ2v) is 6.86. The highest BCUT2D eigenvalue weighted by Crippen LogP contribution is 2.29. The maximum Gasteiger partial charge on any atom is 0.319 e. The summed E-state index contributed by atoms with van der Waals surface area (Å²) in [6.07, 6.45) is 2.79. The van der Waals surface area contributed by atoms with Crippen LogP contribution < -0.4 is 15.5 Å². The first kappa shape index (κ1) is 17.6. The van der Waals surface area contributed by atoms with E-state index < -0.39 is 0 Å². The van der Waals surface area contributed by atoms with Gasteiger partial charge in [0.05, 0.1) is 0 Å². The lowest BCUT2D eigenvalue weighted by molar-refractivity contribution is 0.231. The molecule has 0 saturated carbocycles. The number of nitrogens with zero attached hydrogens (tertiary/aromatic N) is 1. The molecule has 1 aliphatic rings. The largest absolute Gasteiger partial charge is 0.396 e. The third-order valence-electron chi connectivity index (χ3n) is 4.36. The molecule has 0 bridgehead atoms. The van der Waals surface area contributed by atoms with Crippen LogP contribution in [0.4, 0.5) is 16.2 Å². The van der Waals surface area contributed by atoms with Crippen molar-refractivity contribution in [2.24, 2.45) is 11.8 Å². The monoisotopic (exact) mass is 319 g/mol. The third-order valence-corrected chi connectivity index (χ3v) is 4.36. The maximum atomic E-state index is 12.1. The molecule has 0 saturated heterocycles. The molecule has 0 aliphatic carbocycles. The van der Waals surface area contributed by atoms with E-state index in [-0.39, 0.29) is 12.6 Å². The smallest absolute Gasteiger partial charge is 0.319 e. The van der Waals surface area contributed by atoms with Gasteiger partial charge in [-0.2, -0.15) is 0 Å². The van der Waals surface area contributed by atoms with Crippen molar-refractivity contribution >= 4 is 17.4 Å². The van der Waals surface area contributed by atoms with Gasteiger partial charge < -0.3 is 20.6 Å². The minimum Gasteiger partial charge on any atom is -0.396 e. The first-order chi connectivity index (χ1) is 11.0. The molecule has 2 amide bonds. The standard InChI is InChI=1S/C18H29N3O2/c1-13(2)10-14(7-9-22)12-19-18(23)20-16-5-4-15-6-8-21(3)17(15)11-16/h4-5,11,13-14,22H,6-10,12H2,1-3H3,(H2,19,20,23). The molecule has 1 atom stereocenters. The number of nitrogens with one attached hydrogen (secondary N) is 2. The quantitative estimate of drug-likeness (QED) is 0.724. The van der Waals surface area contributed by atoms with Gasteiger partial charge in [0.2, 0.25) is 0 Å². The predicted molar refractivity (Wildman–Crippen MR) is 95.1 cm³/mol. The van der Waals surface area contributed by atoms with E-state index in [1.807, 2.05) is 12.1 Å². The molecule has 5 heteroatoms. The van der Waals surface area contributed by atoms with E-state index >= 15 is 0 Å². The molecule has 1 unspecified atom stereocenters. The summed E-state index contributed by atoms with van der Waals surface area (Å²) in [4.78, 5) is 14.3. The molecule has 1 heterocycles. The number of fused-ring (bicyclic) bond motifs is 1. The molecule has 1 aromatic rings. The summed E-state index contributed by atoms with van der Waals surface area (Å²) in [6.45, 7) is 6.10. The Bertz CT molecular complexity index is 531. The summed E-state index contributed by atoms with van der Waals surface area (Å²) in [5.74, 6) is 0.876. The second-order valence-electron chi connectivity index (χ2n) is 6.86. The van der Waals surface area contributed by atoms with Crippen LogP contribution in [0.2, 0.25) is 0 Å². The highest BCUT2D eigenvalue weighted by molar-refractivity contribution is 5.90. The summed E-state index contributed by atoms with van der Waals surface area (Å²) >= 11 is 0. The van der Waals surface area contributed by atoms with Crippen LogP contribution in [0, 0.1) is 11.8 Å². The fourth-order valence-electron chi connectivity index (χ4n) is 3.18. The van der Waals surface area contributed by atoms with Crippen molar-refractivity contribution in [3.63, 3.8) is 0 Å². The van der Waals surface area contributed by atoms with Gasteiger partial charge in [-0.1, -0.05) is 19.9 Å². The van der Waals surface area contributed by atoms with Crippen molar-refractivity contribution in [3.8, 4) is 0 Å². The SMILES string of the molecule is CC(C)CC(CCO)CNC(=O)Nc1ccc2c(c1)N(C)CC2. The van der Waals surface area contributed by atoms with Gasteiger partial charge in [0, 0.05) is 38.1 Å². The Morgan fingerprint density at radius 3 is 2.87 bits per heavy atom. The molecule has 0 fully saturated rings. The number of amides is 2. The number of aliphatic hydroxyl groups excluding tert-OH is 1. The zero-order valence-electron chi connectivity index (χ0n) is 14.4. The van der Waals surface area contributed by atoms with Gasteiger partial charge in [-0.3, -0.25) is 0 Å². The number of hydrogen-bond donors (Lipinski definition) is 3. The average molecular weight is 319 g/mol. The van der Waals surface area contributed by atoms with E-state index in [0.717, 1.165) is 31.5 Å². The average Bonchev–Trinajstić information content (AvgIpc) is 2.86. The first-order valence-electron chi connectivity index (χ1n) is 8.49. The van der Waals surface area contributed by atoms with Crippen LogP contribution in [0.5, 0.6) is 0 Å². The lowest BCUT2D eigenvalue weighted by Crippen LogP contribution is -2.33. The number of urea groups is 1. The molecule has 0 radical (unpaired) electrons. The summed E-state index contributed by atoms with van der Waals surface area (Å²) in [5, 5.41) is 15.0. The number of likely N-dealkylation sites (N-methyl/N-ethyl adjacent to an activating group) is 1.